The molecule has 0 saturated carbocycles. The van der Waals surface area contributed by atoms with Crippen LogP contribution in [0.25, 0.3) is 10.8 Å². The van der Waals surface area contributed by atoms with Gasteiger partial charge in [-0.1, -0.05) is 66.7 Å². The lowest BCUT2D eigenvalue weighted by Crippen LogP contribution is -2.17. The van der Waals surface area contributed by atoms with Crippen molar-refractivity contribution in [2.45, 2.75) is 33.2 Å². The summed E-state index contributed by atoms with van der Waals surface area (Å²) in [7, 11) is 1.28. The predicted molar refractivity (Wildman–Crippen MR) is 208 cm³/mol. The highest BCUT2D eigenvalue weighted by molar-refractivity contribution is 6.08. The molecule has 0 aliphatic heterocycles. The Bertz CT molecular complexity index is 2380. The van der Waals surface area contributed by atoms with Gasteiger partial charge in [-0.3, -0.25) is 19.7 Å². The summed E-state index contributed by atoms with van der Waals surface area (Å²) < 4.78 is 22.8. The second kappa shape index (κ2) is 17.1. The smallest absolute Gasteiger partial charge is 0.337 e. The van der Waals surface area contributed by atoms with Gasteiger partial charge in [-0.2, -0.15) is 0 Å². The van der Waals surface area contributed by atoms with E-state index >= 15 is 0 Å². The first-order valence-corrected chi connectivity index (χ1v) is 17.3. The molecule has 0 spiro atoms. The van der Waals surface area contributed by atoms with Gasteiger partial charge < -0.3 is 29.6 Å². The highest BCUT2D eigenvalue weighted by atomic mass is 16.6. The molecule has 278 valence electrons. The normalized spacial score (nSPS) is 10.8. The van der Waals surface area contributed by atoms with Gasteiger partial charge in [0.25, 0.3) is 11.8 Å². The minimum atomic E-state index is -0.589. The molecule has 12 heteroatoms. The van der Waals surface area contributed by atoms with E-state index in [0.29, 0.717) is 5.69 Å². The topological polar surface area (TPSA) is 155 Å². The van der Waals surface area contributed by atoms with Crippen LogP contribution >= 0.6 is 0 Å². The number of methoxy groups -OCH3 is 1. The lowest BCUT2D eigenvalue weighted by atomic mass is 10.1. The van der Waals surface area contributed by atoms with Crippen LogP contribution in [0.15, 0.2) is 127 Å². The molecule has 6 aromatic carbocycles. The van der Waals surface area contributed by atoms with Gasteiger partial charge in [-0.05, 0) is 84.3 Å². The molecule has 2 N–H and O–H groups in total. The van der Waals surface area contributed by atoms with Gasteiger partial charge >= 0.3 is 11.7 Å². The number of nitrogens with one attached hydrogen (secondary N) is 2. The van der Waals surface area contributed by atoms with Crippen molar-refractivity contribution in [1.82, 2.24) is 0 Å². The molecule has 0 saturated heterocycles. The number of rotatable bonds is 14. The van der Waals surface area contributed by atoms with E-state index in [2.05, 4.69) is 10.6 Å². The van der Waals surface area contributed by atoms with Gasteiger partial charge in [0, 0.05) is 23.3 Å². The zero-order chi connectivity index (χ0) is 38.9. The Labute approximate surface area is 316 Å². The Hall–Kier alpha value is -7.21. The second-order valence-corrected chi connectivity index (χ2v) is 12.7. The Balaban J connectivity index is 1.28. The molecule has 55 heavy (non-hydrogen) atoms. The van der Waals surface area contributed by atoms with E-state index in [1.54, 1.807) is 6.07 Å². The van der Waals surface area contributed by atoms with Gasteiger partial charge in [0.05, 0.1) is 35.1 Å². The minimum absolute atomic E-state index is 0.0591. The van der Waals surface area contributed by atoms with Crippen molar-refractivity contribution in [3.8, 4) is 17.2 Å². The standard InChI is InChI=1S/C43H37N3O9/c1-27(2)55-39-24-34(43(49)52-3)16-19-36(39)45-41(47)32-15-18-35(38(22-32)53-26-29-13-14-30-11-7-8-12-31(30)21-29)44-42(48)33-17-20-37(46(50)51)40(23-33)54-25-28-9-5-4-6-10-28/h4-24,27H,25-26H2,1-3H3,(H,44,48)(H,45,47). The maximum atomic E-state index is 13.7. The summed E-state index contributed by atoms with van der Waals surface area (Å²) in [4.78, 5) is 50.7. The zero-order valence-corrected chi connectivity index (χ0v) is 30.2. The number of nitro benzene ring substituents is 1. The first-order chi connectivity index (χ1) is 26.6. The number of ether oxygens (including phenoxy) is 4. The third-order valence-corrected chi connectivity index (χ3v) is 8.37. The van der Waals surface area contributed by atoms with E-state index in [9.17, 15) is 24.5 Å². The van der Waals surface area contributed by atoms with Gasteiger partial charge in [0.2, 0.25) is 0 Å². The molecule has 6 rings (SSSR count). The summed E-state index contributed by atoms with van der Waals surface area (Å²) in [5.41, 5.74) is 2.49. The van der Waals surface area contributed by atoms with Gasteiger partial charge in [-0.25, -0.2) is 4.79 Å². The number of amides is 2. The van der Waals surface area contributed by atoms with Crippen LogP contribution in [0.4, 0.5) is 17.1 Å². The fraction of sp³-hybridized carbons (Fsp3) is 0.140. The summed E-state index contributed by atoms with van der Waals surface area (Å²) in [5, 5.41) is 19.5. The summed E-state index contributed by atoms with van der Waals surface area (Å²) in [6, 6.07) is 35.9. The number of carbonyl (C=O) groups is 3. The number of hydrogen-bond donors (Lipinski definition) is 2. The number of hydrogen-bond acceptors (Lipinski definition) is 9. The van der Waals surface area contributed by atoms with Crippen molar-refractivity contribution >= 4 is 45.6 Å². The van der Waals surface area contributed by atoms with Crippen LogP contribution < -0.4 is 24.8 Å². The zero-order valence-electron chi connectivity index (χ0n) is 30.2. The first-order valence-electron chi connectivity index (χ1n) is 17.3. The molecule has 0 aliphatic rings. The van der Waals surface area contributed by atoms with Gasteiger partial charge in [0.15, 0.2) is 5.75 Å². The number of benzene rings is 6. The average Bonchev–Trinajstić information content (AvgIpc) is 3.19. The molecule has 0 aliphatic carbocycles. The number of nitrogens with zero attached hydrogens (tertiary/aromatic N) is 1. The number of fused-ring (bicyclic) bond motifs is 1. The molecule has 12 nitrogen and oxygen atoms in total. The van der Waals surface area contributed by atoms with Crippen molar-refractivity contribution in [3.63, 3.8) is 0 Å². The van der Waals surface area contributed by atoms with E-state index in [0.717, 1.165) is 21.9 Å². The van der Waals surface area contributed by atoms with Crippen LogP contribution in [0.2, 0.25) is 0 Å². The lowest BCUT2D eigenvalue weighted by molar-refractivity contribution is -0.385. The van der Waals surface area contributed by atoms with Crippen molar-refractivity contribution in [2.24, 2.45) is 0 Å². The fourth-order valence-corrected chi connectivity index (χ4v) is 5.64. The molecule has 0 fully saturated rings. The molecule has 0 unspecified atom stereocenters. The van der Waals surface area contributed by atoms with Crippen LogP contribution in [0.5, 0.6) is 17.2 Å². The van der Waals surface area contributed by atoms with E-state index in [1.165, 1.54) is 55.6 Å². The first kappa shape index (κ1) is 37.5. The molecule has 0 bridgehead atoms. The number of carbonyl (C=O) groups excluding carboxylic acids is 3. The maximum absolute atomic E-state index is 13.7. The Morgan fingerprint density at radius 1 is 0.618 bits per heavy atom. The summed E-state index contributed by atoms with van der Waals surface area (Å²) in [5.74, 6) is -1.25. The van der Waals surface area contributed by atoms with E-state index in [1.807, 2.05) is 86.6 Å². The number of nitro groups is 1. The van der Waals surface area contributed by atoms with Crippen LogP contribution in [0, 0.1) is 10.1 Å². The molecular weight excluding hydrogens is 702 g/mol. The monoisotopic (exact) mass is 739 g/mol. The molecule has 2 amide bonds. The molecule has 0 aromatic heterocycles. The van der Waals surface area contributed by atoms with Crippen molar-refractivity contribution < 1.29 is 38.3 Å². The highest BCUT2D eigenvalue weighted by Crippen LogP contribution is 2.33. The number of anilines is 2. The van der Waals surface area contributed by atoms with Gasteiger partial charge in [0.1, 0.15) is 24.7 Å². The largest absolute Gasteiger partial charge is 0.489 e. The molecule has 6 aromatic rings. The molecule has 0 heterocycles. The third kappa shape index (κ3) is 9.43. The SMILES string of the molecule is COC(=O)c1ccc(NC(=O)c2ccc(NC(=O)c3ccc([N+](=O)[O-])c(OCc4ccccc4)c3)c(OCc3ccc4ccccc4c3)c2)c(OC(C)C)c1. The summed E-state index contributed by atoms with van der Waals surface area (Å²) >= 11 is 0. The van der Waals surface area contributed by atoms with Crippen molar-refractivity contribution in [1.29, 1.82) is 0 Å². The third-order valence-electron chi connectivity index (χ3n) is 8.37. The maximum Gasteiger partial charge on any atom is 0.337 e. The molecule has 0 atom stereocenters. The number of esters is 1. The fourth-order valence-electron chi connectivity index (χ4n) is 5.64. The van der Waals surface area contributed by atoms with E-state index in [4.69, 9.17) is 18.9 Å². The van der Waals surface area contributed by atoms with E-state index < -0.39 is 22.7 Å². The Morgan fingerprint density at radius 2 is 1.18 bits per heavy atom. The van der Waals surface area contributed by atoms with Crippen molar-refractivity contribution in [2.75, 3.05) is 17.7 Å². The van der Waals surface area contributed by atoms with Crippen LogP contribution in [-0.4, -0.2) is 35.9 Å². The Kier molecular flexibility index (Phi) is 11.7. The summed E-state index contributed by atoms with van der Waals surface area (Å²) in [6.07, 6.45) is -0.260. The lowest BCUT2D eigenvalue weighted by Gasteiger charge is -2.17. The minimum Gasteiger partial charge on any atom is -0.489 e. The molecule has 0 radical (unpaired) electrons. The average molecular weight is 740 g/mol. The van der Waals surface area contributed by atoms with Gasteiger partial charge in [-0.15, -0.1) is 0 Å². The Morgan fingerprint density at radius 3 is 1.85 bits per heavy atom. The summed E-state index contributed by atoms with van der Waals surface area (Å²) in [6.45, 7) is 3.80. The van der Waals surface area contributed by atoms with Crippen LogP contribution in [0.3, 0.4) is 0 Å². The van der Waals surface area contributed by atoms with E-state index in [-0.39, 0.29) is 64.6 Å². The molecular formula is C43H37N3O9. The van der Waals surface area contributed by atoms with Crippen LogP contribution in [0.1, 0.15) is 56.0 Å². The quantitative estimate of drug-likeness (QED) is 0.0633. The predicted octanol–water partition coefficient (Wildman–Crippen LogP) is 8.98. The van der Waals surface area contributed by atoms with Crippen molar-refractivity contribution in [3.05, 3.63) is 165 Å². The second-order valence-electron chi connectivity index (χ2n) is 12.7. The van der Waals surface area contributed by atoms with Crippen LogP contribution in [-0.2, 0) is 18.0 Å². The highest BCUT2D eigenvalue weighted by Gasteiger charge is 2.21.